The van der Waals surface area contributed by atoms with Gasteiger partial charge in [0.25, 0.3) is 0 Å². The molecule has 25 heavy (non-hydrogen) atoms. The van der Waals surface area contributed by atoms with Gasteiger partial charge in [0.15, 0.2) is 0 Å². The Morgan fingerprint density at radius 2 is 1.92 bits per heavy atom. The molecule has 2 heterocycles. The number of rotatable bonds is 4. The van der Waals surface area contributed by atoms with Crippen LogP contribution in [-0.4, -0.2) is 50.0 Å². The maximum Gasteiger partial charge on any atom is 0.243 e. The first-order chi connectivity index (χ1) is 11.9. The quantitative estimate of drug-likeness (QED) is 0.869. The molecule has 0 spiro atoms. The summed E-state index contributed by atoms with van der Waals surface area (Å²) in [6.45, 7) is 0.377. The third-order valence-electron chi connectivity index (χ3n) is 5.36. The van der Waals surface area contributed by atoms with Crippen molar-refractivity contribution in [2.75, 3.05) is 13.1 Å². The first-order valence-corrected chi connectivity index (χ1v) is 10.1. The SMILES string of the molecule is O=C(NC1CCC1)C1CC2CN(S(=O)(=O)c3ccc(F)cc3)CC1O2. The summed E-state index contributed by atoms with van der Waals surface area (Å²) in [6, 6.07) is 5.06. The first kappa shape index (κ1) is 16.9. The van der Waals surface area contributed by atoms with E-state index in [2.05, 4.69) is 5.32 Å². The predicted molar refractivity (Wildman–Crippen MR) is 87.7 cm³/mol. The Labute approximate surface area is 146 Å². The summed E-state index contributed by atoms with van der Waals surface area (Å²) in [6.07, 6.45) is 3.01. The highest BCUT2D eigenvalue weighted by atomic mass is 32.2. The largest absolute Gasteiger partial charge is 0.371 e. The van der Waals surface area contributed by atoms with E-state index < -0.39 is 21.9 Å². The molecule has 3 aliphatic rings. The van der Waals surface area contributed by atoms with Crippen molar-refractivity contribution >= 4 is 15.9 Å². The maximum absolute atomic E-state index is 13.1. The van der Waals surface area contributed by atoms with Crippen LogP contribution in [0.25, 0.3) is 0 Å². The molecule has 1 aliphatic carbocycles. The number of nitrogens with one attached hydrogen (secondary N) is 1. The number of ether oxygens (including phenoxy) is 1. The summed E-state index contributed by atoms with van der Waals surface area (Å²) >= 11 is 0. The average Bonchev–Trinajstić information content (AvgIpc) is 2.85. The lowest BCUT2D eigenvalue weighted by Gasteiger charge is -2.32. The number of nitrogens with zero attached hydrogens (tertiary/aromatic N) is 1. The highest BCUT2D eigenvalue weighted by molar-refractivity contribution is 7.89. The van der Waals surface area contributed by atoms with Gasteiger partial charge < -0.3 is 10.1 Å². The molecular weight excluding hydrogens is 347 g/mol. The molecule has 1 N–H and O–H groups in total. The van der Waals surface area contributed by atoms with Crippen LogP contribution in [0.5, 0.6) is 0 Å². The topological polar surface area (TPSA) is 75.7 Å². The third-order valence-corrected chi connectivity index (χ3v) is 7.21. The number of carbonyl (C=O) groups is 1. The van der Waals surface area contributed by atoms with Gasteiger partial charge in [-0.25, -0.2) is 12.8 Å². The van der Waals surface area contributed by atoms with Crippen molar-refractivity contribution in [2.24, 2.45) is 5.92 Å². The molecule has 2 bridgehead atoms. The fraction of sp³-hybridized carbons (Fsp3) is 0.588. The predicted octanol–water partition coefficient (Wildman–Crippen LogP) is 1.27. The van der Waals surface area contributed by atoms with Gasteiger partial charge in [0, 0.05) is 19.1 Å². The van der Waals surface area contributed by atoms with Gasteiger partial charge >= 0.3 is 0 Å². The number of hydrogen-bond acceptors (Lipinski definition) is 4. The first-order valence-electron chi connectivity index (χ1n) is 8.65. The summed E-state index contributed by atoms with van der Waals surface area (Å²) in [5.41, 5.74) is 0. The Bertz CT molecular complexity index is 763. The molecule has 6 nitrogen and oxygen atoms in total. The molecule has 1 saturated carbocycles. The number of sulfonamides is 1. The van der Waals surface area contributed by atoms with E-state index in [0.29, 0.717) is 6.42 Å². The number of amides is 1. The van der Waals surface area contributed by atoms with E-state index in [1.54, 1.807) is 0 Å². The van der Waals surface area contributed by atoms with Gasteiger partial charge in [-0.05, 0) is 49.9 Å². The number of halogens is 1. The Balaban J connectivity index is 1.47. The summed E-state index contributed by atoms with van der Waals surface area (Å²) < 4.78 is 45.8. The van der Waals surface area contributed by atoms with E-state index in [-0.39, 0.29) is 42.0 Å². The van der Waals surface area contributed by atoms with E-state index in [4.69, 9.17) is 4.74 Å². The van der Waals surface area contributed by atoms with Crippen LogP contribution >= 0.6 is 0 Å². The molecule has 1 aromatic carbocycles. The molecular formula is C17H21FN2O4S. The smallest absolute Gasteiger partial charge is 0.243 e. The van der Waals surface area contributed by atoms with Gasteiger partial charge in [0.05, 0.1) is 23.0 Å². The second-order valence-corrected chi connectivity index (χ2v) is 8.99. The monoisotopic (exact) mass is 368 g/mol. The molecule has 0 aromatic heterocycles. The Hall–Kier alpha value is -1.51. The molecule has 2 saturated heterocycles. The fourth-order valence-electron chi connectivity index (χ4n) is 3.71. The van der Waals surface area contributed by atoms with Crippen LogP contribution < -0.4 is 5.32 Å². The molecule has 136 valence electrons. The number of morpholine rings is 1. The zero-order valence-corrected chi connectivity index (χ0v) is 14.5. The lowest BCUT2D eigenvalue weighted by atomic mass is 9.91. The normalized spacial score (nSPS) is 30.0. The molecule has 3 fully saturated rings. The van der Waals surface area contributed by atoms with Crippen molar-refractivity contribution in [1.82, 2.24) is 9.62 Å². The lowest BCUT2D eigenvalue weighted by molar-refractivity contribution is -0.128. The molecule has 1 amide bonds. The Morgan fingerprint density at radius 1 is 1.20 bits per heavy atom. The number of carbonyl (C=O) groups excluding carboxylic acids is 1. The second kappa shape index (κ2) is 6.34. The van der Waals surface area contributed by atoms with Crippen LogP contribution in [0.4, 0.5) is 4.39 Å². The van der Waals surface area contributed by atoms with Gasteiger partial charge in [0.2, 0.25) is 15.9 Å². The van der Waals surface area contributed by atoms with Gasteiger partial charge in [0.1, 0.15) is 5.82 Å². The maximum atomic E-state index is 13.1. The standard InChI is InChI=1S/C17H21FN2O4S/c18-11-4-6-14(7-5-11)25(22,23)20-9-13-8-15(16(10-20)24-13)17(21)19-12-2-1-3-12/h4-7,12-13,15-16H,1-3,8-10H2,(H,19,21). The van der Waals surface area contributed by atoms with E-state index >= 15 is 0 Å². The van der Waals surface area contributed by atoms with E-state index in [1.165, 1.54) is 16.4 Å². The van der Waals surface area contributed by atoms with Gasteiger partial charge in [-0.3, -0.25) is 4.79 Å². The number of benzene rings is 1. The van der Waals surface area contributed by atoms with Crippen LogP contribution in [0.15, 0.2) is 29.2 Å². The van der Waals surface area contributed by atoms with Gasteiger partial charge in [-0.2, -0.15) is 4.31 Å². The molecule has 1 aromatic rings. The van der Waals surface area contributed by atoms with Crippen molar-refractivity contribution in [2.45, 2.75) is 48.8 Å². The van der Waals surface area contributed by atoms with Crippen molar-refractivity contribution in [3.63, 3.8) is 0 Å². The summed E-state index contributed by atoms with van der Waals surface area (Å²) in [5.74, 6) is -0.814. The summed E-state index contributed by atoms with van der Waals surface area (Å²) in [4.78, 5) is 12.5. The number of hydrogen-bond donors (Lipinski definition) is 1. The summed E-state index contributed by atoms with van der Waals surface area (Å²) in [5, 5.41) is 3.03. The second-order valence-electron chi connectivity index (χ2n) is 7.05. The Morgan fingerprint density at radius 3 is 2.56 bits per heavy atom. The zero-order valence-electron chi connectivity index (χ0n) is 13.7. The van der Waals surface area contributed by atoms with Crippen molar-refractivity contribution in [1.29, 1.82) is 0 Å². The van der Waals surface area contributed by atoms with E-state index in [1.807, 2.05) is 0 Å². The van der Waals surface area contributed by atoms with Crippen molar-refractivity contribution in [3.05, 3.63) is 30.1 Å². The minimum atomic E-state index is -3.72. The number of fused-ring (bicyclic) bond motifs is 2. The molecule has 2 aliphatic heterocycles. The highest BCUT2D eigenvalue weighted by Gasteiger charge is 2.47. The molecule has 3 atom stereocenters. The highest BCUT2D eigenvalue weighted by Crippen LogP contribution is 2.35. The molecule has 3 unspecified atom stereocenters. The van der Waals surface area contributed by atoms with Crippen LogP contribution in [0, 0.1) is 11.7 Å². The zero-order chi connectivity index (χ0) is 17.6. The molecule has 0 radical (unpaired) electrons. The Kier molecular flexibility index (Phi) is 4.29. The summed E-state index contributed by atoms with van der Waals surface area (Å²) in [7, 11) is -3.72. The van der Waals surface area contributed by atoms with Gasteiger partial charge in [-0.1, -0.05) is 0 Å². The van der Waals surface area contributed by atoms with Crippen molar-refractivity contribution in [3.8, 4) is 0 Å². The minimum absolute atomic E-state index is 0.0294. The van der Waals surface area contributed by atoms with Crippen LogP contribution in [-0.2, 0) is 19.6 Å². The molecule has 4 rings (SSSR count). The minimum Gasteiger partial charge on any atom is -0.371 e. The lowest BCUT2D eigenvalue weighted by Crippen LogP contribution is -2.49. The van der Waals surface area contributed by atoms with Crippen LogP contribution in [0.2, 0.25) is 0 Å². The molecule has 8 heteroatoms. The fourth-order valence-corrected chi connectivity index (χ4v) is 5.20. The van der Waals surface area contributed by atoms with E-state index in [0.717, 1.165) is 31.4 Å². The van der Waals surface area contributed by atoms with Crippen molar-refractivity contribution < 1.29 is 22.3 Å². The van der Waals surface area contributed by atoms with Crippen LogP contribution in [0.3, 0.4) is 0 Å². The van der Waals surface area contributed by atoms with E-state index in [9.17, 15) is 17.6 Å². The third kappa shape index (κ3) is 3.18. The van der Waals surface area contributed by atoms with Crippen LogP contribution in [0.1, 0.15) is 25.7 Å². The average molecular weight is 368 g/mol. The van der Waals surface area contributed by atoms with Gasteiger partial charge in [-0.15, -0.1) is 0 Å².